The van der Waals surface area contributed by atoms with Gasteiger partial charge in [0, 0.05) is 20.1 Å². The molecule has 2 amide bonds. The molecule has 2 N–H and O–H groups in total. The first-order valence-electron chi connectivity index (χ1n) is 6.66. The minimum Gasteiger partial charge on any atom is -0.448 e. The van der Waals surface area contributed by atoms with E-state index in [1.54, 1.807) is 25.8 Å². The molecule has 124 valence electrons. The van der Waals surface area contributed by atoms with Crippen molar-refractivity contribution >= 4 is 12.2 Å². The van der Waals surface area contributed by atoms with E-state index in [1.807, 2.05) is 5.43 Å². The van der Waals surface area contributed by atoms with Crippen LogP contribution < -0.4 is 10.7 Å². The number of amides is 2. The van der Waals surface area contributed by atoms with E-state index in [1.165, 1.54) is 0 Å². The molecule has 0 unspecified atom stereocenters. The lowest BCUT2D eigenvalue weighted by Gasteiger charge is -2.19. The number of carbonyl (C=O) groups excluding carboxylic acids is 2. The summed E-state index contributed by atoms with van der Waals surface area (Å²) in [5.41, 5.74) is 2.01. The van der Waals surface area contributed by atoms with Crippen molar-refractivity contribution in [3.05, 3.63) is 21.8 Å². The highest BCUT2D eigenvalue weighted by molar-refractivity contribution is 5.75. The number of hydrogen-bond acceptors (Lipinski definition) is 8. The summed E-state index contributed by atoms with van der Waals surface area (Å²) in [4.78, 5) is 35.6. The molecule has 0 radical (unpaired) electrons. The first kappa shape index (κ1) is 17.3. The molecule has 1 aliphatic rings. The summed E-state index contributed by atoms with van der Waals surface area (Å²) in [6, 6.07) is 0. The molecule has 1 heterocycles. The third kappa shape index (κ3) is 4.14. The van der Waals surface area contributed by atoms with Gasteiger partial charge in [0.1, 0.15) is 0 Å². The van der Waals surface area contributed by atoms with Gasteiger partial charge in [-0.1, -0.05) is 0 Å². The van der Waals surface area contributed by atoms with Crippen LogP contribution in [0.4, 0.5) is 9.59 Å². The number of nitro groups is 1. The van der Waals surface area contributed by atoms with E-state index in [9.17, 15) is 19.7 Å². The second-order valence-electron chi connectivity index (χ2n) is 4.14. The maximum atomic E-state index is 11.9. The van der Waals surface area contributed by atoms with Crippen LogP contribution in [-0.4, -0.2) is 60.4 Å². The number of hydrogen-bond donors (Lipinski definition) is 2. The molecule has 0 bridgehead atoms. The molecule has 0 aromatic heterocycles. The molecule has 0 aromatic carbocycles. The van der Waals surface area contributed by atoms with E-state index in [0.717, 1.165) is 0 Å². The number of likely N-dealkylation sites (N-methyl/N-ethyl adjacent to an activating group) is 1. The Bertz CT molecular complexity index is 480. The lowest BCUT2D eigenvalue weighted by atomic mass is 10.5. The molecule has 0 spiro atoms. The highest BCUT2D eigenvalue weighted by Gasteiger charge is 2.39. The molecule has 1 fully saturated rings. The normalized spacial score (nSPS) is 15.7. The van der Waals surface area contributed by atoms with Gasteiger partial charge < -0.3 is 29.8 Å². The molecule has 11 nitrogen and oxygen atoms in total. The summed E-state index contributed by atoms with van der Waals surface area (Å²) in [6.07, 6.45) is -2.09. The highest BCUT2D eigenvalue weighted by atomic mass is 16.6. The first-order chi connectivity index (χ1) is 10.4. The number of carbonyl (C=O) groups is 2. The fourth-order valence-corrected chi connectivity index (χ4v) is 1.74. The SMILES string of the molecule is CCOC(=O)NN(C(=O)OCC)C(=C1NCCN1C)[N+](=O)[O-]. The molecule has 1 rings (SSSR count). The Hall–Kier alpha value is -2.72. The van der Waals surface area contributed by atoms with Crippen LogP contribution in [0.5, 0.6) is 0 Å². The van der Waals surface area contributed by atoms with E-state index >= 15 is 0 Å². The van der Waals surface area contributed by atoms with Gasteiger partial charge in [-0.15, -0.1) is 5.43 Å². The third-order valence-electron chi connectivity index (χ3n) is 2.65. The number of ether oxygens (including phenoxy) is 2. The van der Waals surface area contributed by atoms with Gasteiger partial charge in [0.05, 0.1) is 13.2 Å². The Kier molecular flexibility index (Phi) is 6.23. The predicted molar refractivity (Wildman–Crippen MR) is 73.7 cm³/mol. The summed E-state index contributed by atoms with van der Waals surface area (Å²) < 4.78 is 9.38. The van der Waals surface area contributed by atoms with E-state index in [-0.39, 0.29) is 19.0 Å². The summed E-state index contributed by atoms with van der Waals surface area (Å²) in [6.45, 7) is 4.13. The molecule has 0 saturated carbocycles. The van der Waals surface area contributed by atoms with Crippen molar-refractivity contribution in [2.24, 2.45) is 0 Å². The van der Waals surface area contributed by atoms with Gasteiger partial charge in [0.15, 0.2) is 0 Å². The first-order valence-corrected chi connectivity index (χ1v) is 6.66. The van der Waals surface area contributed by atoms with E-state index in [2.05, 4.69) is 10.1 Å². The molecule has 11 heteroatoms. The van der Waals surface area contributed by atoms with Crippen LogP contribution in [0.15, 0.2) is 11.6 Å². The molecule has 0 aliphatic carbocycles. The van der Waals surface area contributed by atoms with Gasteiger partial charge in [-0.05, 0) is 23.8 Å². The fraction of sp³-hybridized carbons (Fsp3) is 0.636. The summed E-state index contributed by atoms with van der Waals surface area (Å²) in [5, 5.41) is 14.6. The lowest BCUT2D eigenvalue weighted by molar-refractivity contribution is -0.447. The molecule has 22 heavy (non-hydrogen) atoms. The highest BCUT2D eigenvalue weighted by Crippen LogP contribution is 2.15. The van der Waals surface area contributed by atoms with Crippen LogP contribution in [0.3, 0.4) is 0 Å². The predicted octanol–water partition coefficient (Wildman–Crippen LogP) is 0.0443. The number of hydrazine groups is 1. The van der Waals surface area contributed by atoms with Gasteiger partial charge in [-0.2, -0.15) is 4.79 Å². The minimum absolute atomic E-state index is 0.0105. The van der Waals surface area contributed by atoms with Crippen molar-refractivity contribution < 1.29 is 24.0 Å². The maximum absolute atomic E-state index is 11.9. The Morgan fingerprint density at radius 2 is 2.05 bits per heavy atom. The van der Waals surface area contributed by atoms with Crippen LogP contribution >= 0.6 is 0 Å². The van der Waals surface area contributed by atoms with E-state index in [4.69, 9.17) is 4.74 Å². The molecule has 0 aromatic rings. The Balaban J connectivity index is 3.17. The smallest absolute Gasteiger partial charge is 0.448 e. The lowest BCUT2D eigenvalue weighted by Crippen LogP contribution is -2.49. The molecule has 1 aliphatic heterocycles. The van der Waals surface area contributed by atoms with Gasteiger partial charge in [0.25, 0.3) is 0 Å². The van der Waals surface area contributed by atoms with Crippen molar-refractivity contribution in [2.45, 2.75) is 13.8 Å². The summed E-state index contributed by atoms with van der Waals surface area (Å²) in [5.74, 6) is -0.554. The molecular weight excluding hydrogens is 298 g/mol. The van der Waals surface area contributed by atoms with Gasteiger partial charge in [-0.25, -0.2) is 4.79 Å². The van der Waals surface area contributed by atoms with Crippen LogP contribution in [-0.2, 0) is 9.47 Å². The second kappa shape index (κ2) is 7.90. The van der Waals surface area contributed by atoms with Gasteiger partial charge in [-0.3, -0.25) is 0 Å². The van der Waals surface area contributed by atoms with Crippen molar-refractivity contribution in [3.63, 3.8) is 0 Å². The molecular formula is C11H19N5O6. The number of nitrogens with one attached hydrogen (secondary N) is 2. The monoisotopic (exact) mass is 317 g/mol. The maximum Gasteiger partial charge on any atom is 0.532 e. The largest absolute Gasteiger partial charge is 0.532 e. The Labute approximate surface area is 126 Å². The average molecular weight is 317 g/mol. The number of nitrogens with zero attached hydrogens (tertiary/aromatic N) is 3. The van der Waals surface area contributed by atoms with Crippen LogP contribution in [0.2, 0.25) is 0 Å². The third-order valence-corrected chi connectivity index (χ3v) is 2.65. The number of rotatable bonds is 4. The van der Waals surface area contributed by atoms with Crippen LogP contribution in [0, 0.1) is 10.1 Å². The second-order valence-corrected chi connectivity index (χ2v) is 4.14. The van der Waals surface area contributed by atoms with Gasteiger partial charge in [0.2, 0.25) is 5.82 Å². The van der Waals surface area contributed by atoms with Crippen molar-refractivity contribution in [1.82, 2.24) is 20.7 Å². The minimum atomic E-state index is -1.09. The van der Waals surface area contributed by atoms with Crippen molar-refractivity contribution in [1.29, 1.82) is 0 Å². The summed E-state index contributed by atoms with van der Waals surface area (Å²) >= 11 is 0. The zero-order chi connectivity index (χ0) is 16.7. The fourth-order valence-electron chi connectivity index (χ4n) is 1.74. The Morgan fingerprint density at radius 3 is 2.50 bits per heavy atom. The zero-order valence-electron chi connectivity index (χ0n) is 12.6. The zero-order valence-corrected chi connectivity index (χ0v) is 12.6. The van der Waals surface area contributed by atoms with Crippen LogP contribution in [0.1, 0.15) is 13.8 Å². The summed E-state index contributed by atoms with van der Waals surface area (Å²) in [7, 11) is 1.62. The Morgan fingerprint density at radius 1 is 1.41 bits per heavy atom. The van der Waals surface area contributed by atoms with Crippen molar-refractivity contribution in [3.8, 4) is 0 Å². The molecule has 1 saturated heterocycles. The standard InChI is InChI=1S/C11H19N5O6/c1-4-21-10(17)13-15(11(18)22-5-2)9(16(19)20)8-12-6-7-14(8)3/h12H,4-7H2,1-3H3,(H,13,17). The van der Waals surface area contributed by atoms with Crippen LogP contribution in [0.25, 0.3) is 0 Å². The average Bonchev–Trinajstić information content (AvgIpc) is 2.84. The van der Waals surface area contributed by atoms with Crippen molar-refractivity contribution in [2.75, 3.05) is 33.4 Å². The van der Waals surface area contributed by atoms with E-state index < -0.39 is 22.9 Å². The van der Waals surface area contributed by atoms with Gasteiger partial charge >= 0.3 is 18.0 Å². The topological polar surface area (TPSA) is 126 Å². The van der Waals surface area contributed by atoms with E-state index in [0.29, 0.717) is 18.1 Å². The molecule has 0 atom stereocenters. The quantitative estimate of drug-likeness (QED) is 0.550.